The lowest BCUT2D eigenvalue weighted by Crippen LogP contribution is -2.47. The highest BCUT2D eigenvalue weighted by Crippen LogP contribution is 2.11. The Morgan fingerprint density at radius 3 is 2.47 bits per heavy atom. The fourth-order valence-electron chi connectivity index (χ4n) is 1.41. The molecule has 0 saturated heterocycles. The monoisotopic (exact) mass is 262 g/mol. The lowest BCUT2D eigenvalue weighted by Gasteiger charge is -2.14. The van der Waals surface area contributed by atoms with Crippen molar-refractivity contribution in [3.8, 4) is 18.1 Å². The minimum absolute atomic E-state index is 0.0252. The van der Waals surface area contributed by atoms with E-state index in [1.807, 2.05) is 0 Å². The van der Waals surface area contributed by atoms with Crippen LogP contribution in [0.25, 0.3) is 0 Å². The summed E-state index contributed by atoms with van der Waals surface area (Å²) in [5.74, 6) is 1.15. The summed E-state index contributed by atoms with van der Waals surface area (Å²) in [5, 5.41) is 22.8. The Balaban J connectivity index is 2.63. The van der Waals surface area contributed by atoms with E-state index in [2.05, 4.69) is 16.6 Å². The number of phenolic OH excluding ortho intramolecular Hbond substituents is 1. The van der Waals surface area contributed by atoms with Crippen LogP contribution in [0.4, 0.5) is 4.79 Å². The van der Waals surface area contributed by atoms with Crippen LogP contribution in [0.3, 0.4) is 0 Å². The second-order valence-corrected chi connectivity index (χ2v) is 3.79. The molecule has 0 unspecified atom stereocenters. The third-order valence-electron chi connectivity index (χ3n) is 2.33. The van der Waals surface area contributed by atoms with E-state index in [0.29, 0.717) is 5.56 Å². The molecule has 1 aromatic carbocycles. The maximum Gasteiger partial charge on any atom is 0.326 e. The largest absolute Gasteiger partial charge is 0.508 e. The number of carbonyl (C=O) groups excluding carboxylic acids is 1. The predicted molar refractivity (Wildman–Crippen MR) is 68.6 cm³/mol. The first-order chi connectivity index (χ1) is 9.02. The molecule has 100 valence electrons. The van der Waals surface area contributed by atoms with Crippen LogP contribution < -0.4 is 10.6 Å². The van der Waals surface area contributed by atoms with Gasteiger partial charge in [0, 0.05) is 6.42 Å². The molecule has 0 saturated carbocycles. The number of hydrogen-bond acceptors (Lipinski definition) is 3. The van der Waals surface area contributed by atoms with Crippen LogP contribution >= 0.6 is 0 Å². The van der Waals surface area contributed by atoms with Crippen molar-refractivity contribution in [2.24, 2.45) is 0 Å². The summed E-state index contributed by atoms with van der Waals surface area (Å²) >= 11 is 0. The highest BCUT2D eigenvalue weighted by molar-refractivity contribution is 5.82. The topological polar surface area (TPSA) is 98.7 Å². The number of carboxylic acid groups (broad SMARTS) is 1. The van der Waals surface area contributed by atoms with Gasteiger partial charge in [-0.25, -0.2) is 9.59 Å². The van der Waals surface area contributed by atoms with Gasteiger partial charge in [-0.1, -0.05) is 18.1 Å². The van der Waals surface area contributed by atoms with E-state index in [0.717, 1.165) is 0 Å². The first kappa shape index (κ1) is 14.4. The molecule has 0 bridgehead atoms. The Labute approximate surface area is 110 Å². The number of terminal acetylenes is 1. The lowest BCUT2D eigenvalue weighted by atomic mass is 10.1. The van der Waals surface area contributed by atoms with E-state index in [1.165, 1.54) is 12.1 Å². The van der Waals surface area contributed by atoms with E-state index in [4.69, 9.17) is 16.6 Å². The van der Waals surface area contributed by atoms with Crippen LogP contribution in [0.1, 0.15) is 5.56 Å². The Morgan fingerprint density at radius 2 is 1.95 bits per heavy atom. The van der Waals surface area contributed by atoms with Crippen molar-refractivity contribution < 1.29 is 19.8 Å². The van der Waals surface area contributed by atoms with Crippen molar-refractivity contribution in [2.75, 3.05) is 6.54 Å². The molecule has 4 N–H and O–H groups in total. The van der Waals surface area contributed by atoms with E-state index in [-0.39, 0.29) is 18.7 Å². The zero-order chi connectivity index (χ0) is 14.3. The number of carbonyl (C=O) groups is 2. The van der Waals surface area contributed by atoms with Gasteiger partial charge in [-0.3, -0.25) is 0 Å². The fourth-order valence-corrected chi connectivity index (χ4v) is 1.41. The molecule has 0 aliphatic heterocycles. The number of rotatable bonds is 5. The zero-order valence-electron chi connectivity index (χ0n) is 10.1. The van der Waals surface area contributed by atoms with Crippen molar-refractivity contribution in [1.82, 2.24) is 10.6 Å². The number of hydrogen-bond donors (Lipinski definition) is 4. The minimum atomic E-state index is -1.15. The molecule has 1 aromatic rings. The molecule has 2 amide bonds. The molecular formula is C13H14N2O4. The Bertz CT molecular complexity index is 490. The molecule has 0 aliphatic carbocycles. The predicted octanol–water partition coefficient (Wildman–Crippen LogP) is 0.320. The Hall–Kier alpha value is -2.68. The maximum absolute atomic E-state index is 11.3. The Morgan fingerprint density at radius 1 is 1.32 bits per heavy atom. The van der Waals surface area contributed by atoms with E-state index in [9.17, 15) is 9.59 Å². The highest BCUT2D eigenvalue weighted by atomic mass is 16.4. The van der Waals surface area contributed by atoms with Gasteiger partial charge in [-0.2, -0.15) is 0 Å². The van der Waals surface area contributed by atoms with Gasteiger partial charge < -0.3 is 20.8 Å². The summed E-state index contributed by atoms with van der Waals surface area (Å²) in [6, 6.07) is 4.38. The highest BCUT2D eigenvalue weighted by Gasteiger charge is 2.20. The molecule has 0 fully saturated rings. The molecule has 19 heavy (non-hydrogen) atoms. The second kappa shape index (κ2) is 6.91. The van der Waals surface area contributed by atoms with Crippen LogP contribution in [0.2, 0.25) is 0 Å². The van der Waals surface area contributed by atoms with Gasteiger partial charge in [0.25, 0.3) is 0 Å². The number of aromatic hydroxyl groups is 1. The van der Waals surface area contributed by atoms with E-state index >= 15 is 0 Å². The van der Waals surface area contributed by atoms with Crippen LogP contribution in [-0.4, -0.2) is 34.8 Å². The molecule has 0 radical (unpaired) electrons. The maximum atomic E-state index is 11.3. The van der Waals surface area contributed by atoms with Gasteiger partial charge in [0.1, 0.15) is 11.8 Å². The zero-order valence-corrected chi connectivity index (χ0v) is 10.1. The number of benzene rings is 1. The summed E-state index contributed by atoms with van der Waals surface area (Å²) in [7, 11) is 0. The van der Waals surface area contributed by atoms with Crippen LogP contribution in [0.15, 0.2) is 24.3 Å². The average molecular weight is 262 g/mol. The SMILES string of the molecule is C#CCNC(=O)N[C@H](Cc1ccc(O)cc1)C(=O)O. The Kier molecular flexibility index (Phi) is 5.23. The van der Waals surface area contributed by atoms with Gasteiger partial charge in [0.2, 0.25) is 0 Å². The van der Waals surface area contributed by atoms with Gasteiger partial charge in [0.15, 0.2) is 0 Å². The molecule has 0 spiro atoms. The fraction of sp³-hybridized carbons (Fsp3) is 0.231. The molecule has 1 atom stereocenters. The van der Waals surface area contributed by atoms with E-state index in [1.54, 1.807) is 12.1 Å². The molecule has 6 heteroatoms. The number of carboxylic acids is 1. The quantitative estimate of drug-likeness (QED) is 0.574. The standard InChI is InChI=1S/C13H14N2O4/c1-2-7-14-13(19)15-11(12(17)18)8-9-3-5-10(16)6-4-9/h1,3-6,11,16H,7-8H2,(H,17,18)(H2,14,15,19)/t11-/m1/s1. The molecule has 0 aliphatic rings. The lowest BCUT2D eigenvalue weighted by molar-refractivity contribution is -0.139. The summed E-state index contributed by atoms with van der Waals surface area (Å²) in [6.07, 6.45) is 5.08. The molecular weight excluding hydrogens is 248 g/mol. The molecule has 6 nitrogen and oxygen atoms in total. The molecule has 0 heterocycles. The van der Waals surface area contributed by atoms with Crippen LogP contribution in [0.5, 0.6) is 5.75 Å². The average Bonchev–Trinajstić information content (AvgIpc) is 2.38. The number of urea groups is 1. The van der Waals surface area contributed by atoms with Crippen LogP contribution in [-0.2, 0) is 11.2 Å². The normalized spacial score (nSPS) is 11.1. The minimum Gasteiger partial charge on any atom is -0.508 e. The first-order valence-corrected chi connectivity index (χ1v) is 5.51. The number of phenols is 1. The summed E-state index contributed by atoms with van der Waals surface area (Å²) in [6.45, 7) is 0.0252. The number of nitrogens with one attached hydrogen (secondary N) is 2. The van der Waals surface area contributed by atoms with Gasteiger partial charge in [0.05, 0.1) is 6.54 Å². The first-order valence-electron chi connectivity index (χ1n) is 5.51. The van der Waals surface area contributed by atoms with Crippen molar-refractivity contribution >= 4 is 12.0 Å². The summed E-state index contributed by atoms with van der Waals surface area (Å²) in [4.78, 5) is 22.4. The molecule has 0 aromatic heterocycles. The second-order valence-electron chi connectivity index (χ2n) is 3.79. The van der Waals surface area contributed by atoms with Crippen molar-refractivity contribution in [2.45, 2.75) is 12.5 Å². The molecule has 1 rings (SSSR count). The van der Waals surface area contributed by atoms with Gasteiger partial charge >= 0.3 is 12.0 Å². The summed E-state index contributed by atoms with van der Waals surface area (Å²) < 4.78 is 0. The van der Waals surface area contributed by atoms with E-state index < -0.39 is 18.0 Å². The van der Waals surface area contributed by atoms with Gasteiger partial charge in [-0.15, -0.1) is 6.42 Å². The van der Waals surface area contributed by atoms with Crippen LogP contribution in [0, 0.1) is 12.3 Å². The van der Waals surface area contributed by atoms with Crippen molar-refractivity contribution in [3.63, 3.8) is 0 Å². The smallest absolute Gasteiger partial charge is 0.326 e. The third kappa shape index (κ3) is 5.00. The number of amides is 2. The van der Waals surface area contributed by atoms with Crippen molar-refractivity contribution in [3.05, 3.63) is 29.8 Å². The van der Waals surface area contributed by atoms with Crippen molar-refractivity contribution in [1.29, 1.82) is 0 Å². The van der Waals surface area contributed by atoms with Gasteiger partial charge in [-0.05, 0) is 17.7 Å². The third-order valence-corrected chi connectivity index (χ3v) is 2.33. The number of aliphatic carboxylic acids is 1. The summed E-state index contributed by atoms with van der Waals surface area (Å²) in [5.41, 5.74) is 0.683.